The second kappa shape index (κ2) is 6.35. The molecule has 1 aromatic carbocycles. The lowest BCUT2D eigenvalue weighted by molar-refractivity contribution is 0.425. The topological polar surface area (TPSA) is 22.1 Å². The molecule has 0 bridgehead atoms. The number of hydrogen-bond acceptors (Lipinski definition) is 2. The predicted molar refractivity (Wildman–Crippen MR) is 77.3 cm³/mol. The molecule has 0 aliphatic heterocycles. The van der Waals surface area contributed by atoms with Gasteiger partial charge in [-0.1, -0.05) is 22.9 Å². The zero-order chi connectivity index (χ0) is 13.8. The minimum Gasteiger partial charge on any atom is -0.436 e. The van der Waals surface area contributed by atoms with Gasteiger partial charge in [-0.05, 0) is 36.2 Å². The molecule has 2 nitrogen and oxygen atoms in total. The summed E-state index contributed by atoms with van der Waals surface area (Å²) in [5.41, 5.74) is 1.77. The number of halogens is 3. The zero-order valence-electron chi connectivity index (χ0n) is 10.3. The van der Waals surface area contributed by atoms with Crippen LogP contribution in [-0.2, 0) is 12.3 Å². The smallest absolute Gasteiger partial charge is 0.219 e. The predicted octanol–water partition coefficient (Wildman–Crippen LogP) is 5.08. The summed E-state index contributed by atoms with van der Waals surface area (Å²) in [4.78, 5) is 4.30. The number of aromatic nitrogens is 1. The number of pyridine rings is 1. The van der Waals surface area contributed by atoms with Crippen LogP contribution in [0.25, 0.3) is 0 Å². The molecule has 100 valence electrons. The highest BCUT2D eigenvalue weighted by Crippen LogP contribution is 2.27. The van der Waals surface area contributed by atoms with Gasteiger partial charge in [0.15, 0.2) is 11.6 Å². The fraction of sp³-hybridized carbons (Fsp3) is 0.214. The van der Waals surface area contributed by atoms with Gasteiger partial charge < -0.3 is 4.74 Å². The molecule has 0 amide bonds. The van der Waals surface area contributed by atoms with Crippen molar-refractivity contribution in [3.8, 4) is 11.6 Å². The fourth-order valence-corrected chi connectivity index (χ4v) is 2.09. The van der Waals surface area contributed by atoms with Crippen molar-refractivity contribution < 1.29 is 9.13 Å². The van der Waals surface area contributed by atoms with Crippen LogP contribution in [0.15, 0.2) is 34.8 Å². The third-order valence-electron chi connectivity index (χ3n) is 2.54. The Kier molecular flexibility index (Phi) is 4.77. The maximum absolute atomic E-state index is 13.7. The molecule has 0 radical (unpaired) electrons. The van der Waals surface area contributed by atoms with E-state index in [4.69, 9.17) is 16.3 Å². The van der Waals surface area contributed by atoms with Gasteiger partial charge in [0, 0.05) is 22.1 Å². The quantitative estimate of drug-likeness (QED) is 0.722. The molecule has 19 heavy (non-hydrogen) atoms. The van der Waals surface area contributed by atoms with Crippen molar-refractivity contribution in [2.45, 2.75) is 19.2 Å². The van der Waals surface area contributed by atoms with Crippen LogP contribution in [0.4, 0.5) is 4.39 Å². The maximum Gasteiger partial charge on any atom is 0.219 e. The van der Waals surface area contributed by atoms with Crippen molar-refractivity contribution in [3.63, 3.8) is 0 Å². The molecular weight excluding hydrogens is 333 g/mol. The molecular formula is C14H12BrClFNO. The molecule has 2 aromatic rings. The van der Waals surface area contributed by atoms with Crippen LogP contribution in [0.3, 0.4) is 0 Å². The van der Waals surface area contributed by atoms with Gasteiger partial charge >= 0.3 is 0 Å². The summed E-state index contributed by atoms with van der Waals surface area (Å²) in [6.45, 7) is 1.99. The van der Waals surface area contributed by atoms with Crippen molar-refractivity contribution in [2.24, 2.45) is 0 Å². The Morgan fingerprint density at radius 2 is 2.11 bits per heavy atom. The van der Waals surface area contributed by atoms with E-state index < -0.39 is 5.82 Å². The van der Waals surface area contributed by atoms with Crippen molar-refractivity contribution in [3.05, 3.63) is 51.9 Å². The summed E-state index contributed by atoms with van der Waals surface area (Å²) in [6.07, 6.45) is 0.768. The summed E-state index contributed by atoms with van der Waals surface area (Å²) >= 11 is 9.02. The van der Waals surface area contributed by atoms with Crippen LogP contribution in [0, 0.1) is 5.82 Å². The Balaban J connectivity index is 2.31. The van der Waals surface area contributed by atoms with E-state index in [2.05, 4.69) is 20.9 Å². The molecule has 2 rings (SSSR count). The first-order chi connectivity index (χ1) is 9.12. The molecule has 0 unspecified atom stereocenters. The monoisotopic (exact) mass is 343 g/mol. The van der Waals surface area contributed by atoms with E-state index in [1.54, 1.807) is 18.2 Å². The average Bonchev–Trinajstić information content (AvgIpc) is 2.41. The van der Waals surface area contributed by atoms with Gasteiger partial charge in [-0.2, -0.15) is 0 Å². The molecule has 0 aliphatic carbocycles. The highest BCUT2D eigenvalue weighted by molar-refractivity contribution is 9.10. The lowest BCUT2D eigenvalue weighted by atomic mass is 10.2. The molecule has 0 aliphatic rings. The van der Waals surface area contributed by atoms with Crippen LogP contribution < -0.4 is 4.74 Å². The van der Waals surface area contributed by atoms with Gasteiger partial charge in [0.05, 0.1) is 0 Å². The summed E-state index contributed by atoms with van der Waals surface area (Å²) < 4.78 is 19.8. The van der Waals surface area contributed by atoms with Gasteiger partial charge in [-0.25, -0.2) is 9.37 Å². The highest BCUT2D eigenvalue weighted by atomic mass is 79.9. The van der Waals surface area contributed by atoms with E-state index >= 15 is 0 Å². The summed E-state index contributed by atoms with van der Waals surface area (Å²) in [5.74, 6) is 0.431. The molecule has 0 saturated heterocycles. The van der Waals surface area contributed by atoms with Gasteiger partial charge in [-0.3, -0.25) is 0 Å². The molecule has 0 N–H and O–H groups in total. The minimum atomic E-state index is -0.439. The Bertz CT molecular complexity index is 569. The van der Waals surface area contributed by atoms with E-state index in [-0.39, 0.29) is 5.75 Å². The van der Waals surface area contributed by atoms with Crippen LogP contribution in [-0.4, -0.2) is 4.98 Å². The second-order valence-corrected chi connectivity index (χ2v) is 5.15. The number of benzene rings is 1. The van der Waals surface area contributed by atoms with Crippen LogP contribution >= 0.6 is 27.5 Å². The Hall–Kier alpha value is -1.13. The Morgan fingerprint density at radius 1 is 1.32 bits per heavy atom. The molecule has 1 aromatic heterocycles. The van der Waals surface area contributed by atoms with Gasteiger partial charge in [0.25, 0.3) is 0 Å². The van der Waals surface area contributed by atoms with E-state index in [1.807, 2.05) is 13.0 Å². The SMILES string of the molecule is CCc1cc(CCl)cc(Oc2ccc(Br)cc2F)n1. The number of ether oxygens (including phenoxy) is 1. The minimum absolute atomic E-state index is 0.143. The first kappa shape index (κ1) is 14.3. The number of rotatable bonds is 4. The molecule has 0 fully saturated rings. The van der Waals surface area contributed by atoms with Crippen LogP contribution in [0.2, 0.25) is 0 Å². The van der Waals surface area contributed by atoms with Crippen LogP contribution in [0.1, 0.15) is 18.2 Å². The first-order valence-electron chi connectivity index (χ1n) is 5.81. The van der Waals surface area contributed by atoms with E-state index in [0.717, 1.165) is 17.7 Å². The van der Waals surface area contributed by atoms with Gasteiger partial charge in [-0.15, -0.1) is 11.6 Å². The normalized spacial score (nSPS) is 10.5. The molecule has 0 atom stereocenters. The molecule has 0 spiro atoms. The largest absolute Gasteiger partial charge is 0.436 e. The van der Waals surface area contributed by atoms with Gasteiger partial charge in [0.1, 0.15) is 0 Å². The van der Waals surface area contributed by atoms with Crippen molar-refractivity contribution in [2.75, 3.05) is 0 Å². The number of hydrogen-bond donors (Lipinski definition) is 0. The number of nitrogens with zero attached hydrogens (tertiary/aromatic N) is 1. The average molecular weight is 345 g/mol. The lowest BCUT2D eigenvalue weighted by Gasteiger charge is -2.09. The van der Waals surface area contributed by atoms with Gasteiger partial charge in [0.2, 0.25) is 5.88 Å². The fourth-order valence-electron chi connectivity index (χ4n) is 1.60. The van der Waals surface area contributed by atoms with Crippen molar-refractivity contribution in [1.29, 1.82) is 0 Å². The first-order valence-corrected chi connectivity index (χ1v) is 7.14. The van der Waals surface area contributed by atoms with Crippen molar-refractivity contribution >= 4 is 27.5 Å². The third-order valence-corrected chi connectivity index (χ3v) is 3.34. The van der Waals surface area contributed by atoms with Crippen LogP contribution in [0.5, 0.6) is 11.6 Å². The van der Waals surface area contributed by atoms with E-state index in [1.165, 1.54) is 6.07 Å². The number of aryl methyl sites for hydroxylation is 1. The summed E-state index contributed by atoms with van der Waals surface area (Å²) in [6, 6.07) is 8.25. The molecule has 5 heteroatoms. The van der Waals surface area contributed by atoms with Crippen molar-refractivity contribution in [1.82, 2.24) is 4.98 Å². The molecule has 0 saturated carbocycles. The second-order valence-electron chi connectivity index (χ2n) is 3.97. The Morgan fingerprint density at radius 3 is 2.74 bits per heavy atom. The third kappa shape index (κ3) is 3.67. The van der Waals surface area contributed by atoms with E-state index in [0.29, 0.717) is 16.2 Å². The molecule has 1 heterocycles. The van der Waals surface area contributed by atoms with E-state index in [9.17, 15) is 4.39 Å². The number of alkyl halides is 1. The highest BCUT2D eigenvalue weighted by Gasteiger charge is 2.08. The summed E-state index contributed by atoms with van der Waals surface area (Å²) in [5, 5.41) is 0. The lowest BCUT2D eigenvalue weighted by Crippen LogP contribution is -1.96. The standard InChI is InChI=1S/C14H12BrClFNO/c1-2-11-5-9(8-16)6-14(18-11)19-13-4-3-10(15)7-12(13)17/h3-7H,2,8H2,1H3. The zero-order valence-corrected chi connectivity index (χ0v) is 12.6. The Labute approximate surface area is 124 Å². The maximum atomic E-state index is 13.7. The summed E-state index contributed by atoms with van der Waals surface area (Å²) in [7, 11) is 0.